The van der Waals surface area contributed by atoms with E-state index in [2.05, 4.69) is 16.5 Å². The zero-order valence-electron chi connectivity index (χ0n) is 13.2. The summed E-state index contributed by atoms with van der Waals surface area (Å²) in [4.78, 5) is 33.0. The van der Waals surface area contributed by atoms with Gasteiger partial charge in [-0.2, -0.15) is 0 Å². The van der Waals surface area contributed by atoms with Gasteiger partial charge in [0.25, 0.3) is 5.56 Å². The second kappa shape index (κ2) is 8.02. The van der Waals surface area contributed by atoms with Crippen LogP contribution in [-0.4, -0.2) is 40.1 Å². The summed E-state index contributed by atoms with van der Waals surface area (Å²) in [7, 11) is 0. The van der Waals surface area contributed by atoms with Gasteiger partial charge in [-0.1, -0.05) is 23.9 Å². The first kappa shape index (κ1) is 17.5. The standard InChI is InChI=1S/C15H23N3O2S/c1-6-18(9-10(2)3)13(19)8-7-12-11(4)16-15(21-5)17-14(12)20/h2,6-9H2,1,3-5H3,(H,16,17,20). The van der Waals surface area contributed by atoms with Gasteiger partial charge in [0.1, 0.15) is 0 Å². The van der Waals surface area contributed by atoms with Crippen molar-refractivity contribution in [1.29, 1.82) is 0 Å². The number of nitrogens with zero attached hydrogens (tertiary/aromatic N) is 2. The first-order chi connectivity index (χ1) is 9.88. The third-order valence-corrected chi connectivity index (χ3v) is 3.76. The highest BCUT2D eigenvalue weighted by Gasteiger charge is 2.14. The summed E-state index contributed by atoms with van der Waals surface area (Å²) in [5, 5.41) is 0.602. The average molecular weight is 309 g/mol. The Bertz CT molecular complexity index is 581. The van der Waals surface area contributed by atoms with Gasteiger partial charge in [-0.05, 0) is 33.4 Å². The Kier molecular flexibility index (Phi) is 6.68. The van der Waals surface area contributed by atoms with Crippen LogP contribution in [0.15, 0.2) is 22.1 Å². The van der Waals surface area contributed by atoms with Crippen molar-refractivity contribution in [1.82, 2.24) is 14.9 Å². The molecule has 116 valence electrons. The molecule has 0 bridgehead atoms. The van der Waals surface area contributed by atoms with Crippen LogP contribution in [0.2, 0.25) is 0 Å². The summed E-state index contributed by atoms with van der Waals surface area (Å²) < 4.78 is 0. The van der Waals surface area contributed by atoms with Crippen LogP contribution in [-0.2, 0) is 11.2 Å². The molecule has 0 spiro atoms. The second-order valence-corrected chi connectivity index (χ2v) is 5.80. The highest BCUT2D eigenvalue weighted by Crippen LogP contribution is 2.10. The van der Waals surface area contributed by atoms with Crippen molar-refractivity contribution < 1.29 is 4.79 Å². The maximum atomic E-state index is 12.2. The van der Waals surface area contributed by atoms with E-state index in [4.69, 9.17) is 0 Å². The molecule has 0 radical (unpaired) electrons. The molecule has 1 N–H and O–H groups in total. The molecule has 0 unspecified atom stereocenters. The number of hydrogen-bond donors (Lipinski definition) is 1. The molecule has 0 aliphatic heterocycles. The van der Waals surface area contributed by atoms with Gasteiger partial charge in [0.2, 0.25) is 5.91 Å². The lowest BCUT2D eigenvalue weighted by Crippen LogP contribution is -2.32. The van der Waals surface area contributed by atoms with E-state index in [1.165, 1.54) is 11.8 Å². The fourth-order valence-corrected chi connectivity index (χ4v) is 2.49. The number of aromatic amines is 1. The zero-order valence-corrected chi connectivity index (χ0v) is 14.0. The van der Waals surface area contributed by atoms with E-state index < -0.39 is 0 Å². The summed E-state index contributed by atoms with van der Waals surface area (Å²) in [6.07, 6.45) is 2.58. The third-order valence-electron chi connectivity index (χ3n) is 3.18. The maximum absolute atomic E-state index is 12.2. The van der Waals surface area contributed by atoms with Gasteiger partial charge < -0.3 is 9.88 Å². The van der Waals surface area contributed by atoms with Gasteiger partial charge >= 0.3 is 0 Å². The zero-order chi connectivity index (χ0) is 16.0. The average Bonchev–Trinajstić information content (AvgIpc) is 2.42. The Labute approximate surface area is 129 Å². The van der Waals surface area contributed by atoms with Crippen LogP contribution in [0.25, 0.3) is 0 Å². The largest absolute Gasteiger partial charge is 0.339 e. The van der Waals surface area contributed by atoms with Gasteiger partial charge in [-0.25, -0.2) is 4.98 Å². The van der Waals surface area contributed by atoms with Crippen molar-refractivity contribution >= 4 is 17.7 Å². The Morgan fingerprint density at radius 2 is 2.14 bits per heavy atom. The molecule has 0 aliphatic rings. The summed E-state index contributed by atoms with van der Waals surface area (Å²) in [5.74, 6) is 0.0354. The van der Waals surface area contributed by atoms with Crippen LogP contribution in [0.4, 0.5) is 0 Å². The minimum Gasteiger partial charge on any atom is -0.339 e. The predicted octanol–water partition coefficient (Wildman–Crippen LogP) is 2.16. The number of carbonyl (C=O) groups excluding carboxylic acids is 1. The summed E-state index contributed by atoms with van der Waals surface area (Å²) in [6.45, 7) is 10.7. The van der Waals surface area contributed by atoms with Gasteiger partial charge in [-0.15, -0.1) is 0 Å². The Balaban J connectivity index is 2.77. The lowest BCUT2D eigenvalue weighted by atomic mass is 10.1. The first-order valence-corrected chi connectivity index (χ1v) is 8.17. The van der Waals surface area contributed by atoms with E-state index in [0.717, 1.165) is 5.57 Å². The number of carbonyl (C=O) groups is 1. The number of hydrogen-bond acceptors (Lipinski definition) is 4. The number of aromatic nitrogens is 2. The molecule has 0 saturated carbocycles. The molecule has 1 heterocycles. The molecule has 0 aliphatic carbocycles. The lowest BCUT2D eigenvalue weighted by molar-refractivity contribution is -0.130. The normalized spacial score (nSPS) is 10.5. The number of rotatable bonds is 7. The topological polar surface area (TPSA) is 66.1 Å². The number of nitrogens with one attached hydrogen (secondary N) is 1. The minimum atomic E-state index is -0.150. The molecular formula is C15H23N3O2S. The summed E-state index contributed by atoms with van der Waals surface area (Å²) >= 11 is 1.39. The Morgan fingerprint density at radius 1 is 1.48 bits per heavy atom. The van der Waals surface area contributed by atoms with E-state index in [1.807, 2.05) is 20.1 Å². The van der Waals surface area contributed by atoms with E-state index in [9.17, 15) is 9.59 Å². The second-order valence-electron chi connectivity index (χ2n) is 5.00. The van der Waals surface area contributed by atoms with Crippen LogP contribution in [0, 0.1) is 6.92 Å². The summed E-state index contributed by atoms with van der Waals surface area (Å²) in [5.41, 5.74) is 2.08. The monoisotopic (exact) mass is 309 g/mol. The summed E-state index contributed by atoms with van der Waals surface area (Å²) in [6, 6.07) is 0. The van der Waals surface area contributed by atoms with Crippen molar-refractivity contribution in [2.24, 2.45) is 0 Å². The highest BCUT2D eigenvalue weighted by atomic mass is 32.2. The van der Waals surface area contributed by atoms with Gasteiger partial charge in [0.15, 0.2) is 5.16 Å². The molecular weight excluding hydrogens is 286 g/mol. The predicted molar refractivity (Wildman–Crippen MR) is 86.8 cm³/mol. The molecule has 21 heavy (non-hydrogen) atoms. The smallest absolute Gasteiger partial charge is 0.254 e. The SMILES string of the molecule is C=C(C)CN(CC)C(=O)CCc1c(C)nc(SC)[nH]c1=O. The van der Waals surface area contributed by atoms with Crippen molar-refractivity contribution in [3.05, 3.63) is 33.8 Å². The van der Waals surface area contributed by atoms with Crippen LogP contribution in [0.5, 0.6) is 0 Å². The van der Waals surface area contributed by atoms with Gasteiger partial charge in [0, 0.05) is 30.8 Å². The van der Waals surface area contributed by atoms with Gasteiger partial charge in [-0.3, -0.25) is 9.59 Å². The minimum absolute atomic E-state index is 0.0354. The molecule has 0 fully saturated rings. The number of amides is 1. The Hall–Kier alpha value is -1.56. The molecule has 5 nitrogen and oxygen atoms in total. The molecule has 0 aromatic carbocycles. The van der Waals surface area contributed by atoms with Crippen molar-refractivity contribution in [3.63, 3.8) is 0 Å². The van der Waals surface area contributed by atoms with Crippen molar-refractivity contribution in [3.8, 4) is 0 Å². The van der Waals surface area contributed by atoms with E-state index >= 15 is 0 Å². The molecule has 6 heteroatoms. The lowest BCUT2D eigenvalue weighted by Gasteiger charge is -2.21. The maximum Gasteiger partial charge on any atom is 0.254 e. The van der Waals surface area contributed by atoms with E-state index in [0.29, 0.717) is 42.3 Å². The van der Waals surface area contributed by atoms with Crippen molar-refractivity contribution in [2.75, 3.05) is 19.3 Å². The third kappa shape index (κ3) is 5.04. The fourth-order valence-electron chi connectivity index (χ4n) is 2.07. The molecule has 0 saturated heterocycles. The quantitative estimate of drug-likeness (QED) is 0.476. The first-order valence-electron chi connectivity index (χ1n) is 6.95. The highest BCUT2D eigenvalue weighted by molar-refractivity contribution is 7.98. The Morgan fingerprint density at radius 3 is 2.62 bits per heavy atom. The molecule has 0 atom stereocenters. The molecule has 1 aromatic rings. The van der Waals surface area contributed by atoms with E-state index in [-0.39, 0.29) is 11.5 Å². The van der Waals surface area contributed by atoms with E-state index in [1.54, 1.807) is 11.8 Å². The molecule has 1 amide bonds. The number of H-pyrrole nitrogens is 1. The number of likely N-dealkylation sites (N-methyl/N-ethyl adjacent to an activating group) is 1. The number of aryl methyl sites for hydroxylation is 1. The van der Waals surface area contributed by atoms with Crippen LogP contribution < -0.4 is 5.56 Å². The number of thioether (sulfide) groups is 1. The van der Waals surface area contributed by atoms with Crippen LogP contribution in [0.3, 0.4) is 0 Å². The molecule has 1 rings (SSSR count). The van der Waals surface area contributed by atoms with Crippen molar-refractivity contribution in [2.45, 2.75) is 38.8 Å². The molecule has 1 aromatic heterocycles. The van der Waals surface area contributed by atoms with Gasteiger partial charge in [0.05, 0.1) is 0 Å². The van der Waals surface area contributed by atoms with Crippen LogP contribution >= 0.6 is 11.8 Å². The van der Waals surface area contributed by atoms with Crippen LogP contribution in [0.1, 0.15) is 31.5 Å². The fraction of sp³-hybridized carbons (Fsp3) is 0.533.